The van der Waals surface area contributed by atoms with Crippen molar-refractivity contribution < 1.29 is 9.53 Å². The maximum Gasteiger partial charge on any atom is 0.242 e. The maximum atomic E-state index is 12.0. The molecule has 0 spiro atoms. The second-order valence-electron chi connectivity index (χ2n) is 4.87. The number of amides is 1. The summed E-state index contributed by atoms with van der Waals surface area (Å²) in [5.74, 6) is 0.651. The molecule has 15 heavy (non-hydrogen) atoms. The van der Waals surface area contributed by atoms with E-state index in [0.717, 1.165) is 45.4 Å². The highest BCUT2D eigenvalue weighted by Gasteiger charge is 2.48. The van der Waals surface area contributed by atoms with Crippen molar-refractivity contribution in [3.8, 4) is 0 Å². The predicted molar refractivity (Wildman–Crippen MR) is 57.3 cm³/mol. The predicted octanol–water partition coefficient (Wildman–Crippen LogP) is 0.363. The van der Waals surface area contributed by atoms with Gasteiger partial charge in [0, 0.05) is 20.2 Å². The molecule has 0 aromatic rings. The SMILES string of the molecule is COCC1CCCN(C(=O)C2(N)CC2)C1. The molecular weight excluding hydrogens is 192 g/mol. The van der Waals surface area contributed by atoms with Gasteiger partial charge in [0.15, 0.2) is 0 Å². The Kier molecular flexibility index (Phi) is 2.98. The van der Waals surface area contributed by atoms with Gasteiger partial charge in [-0.1, -0.05) is 0 Å². The molecule has 1 atom stereocenters. The van der Waals surface area contributed by atoms with E-state index in [0.29, 0.717) is 5.92 Å². The van der Waals surface area contributed by atoms with E-state index in [1.165, 1.54) is 0 Å². The summed E-state index contributed by atoms with van der Waals surface area (Å²) >= 11 is 0. The first-order valence-corrected chi connectivity index (χ1v) is 5.73. The number of piperidine rings is 1. The average molecular weight is 212 g/mol. The van der Waals surface area contributed by atoms with Crippen molar-refractivity contribution in [3.05, 3.63) is 0 Å². The Hall–Kier alpha value is -0.610. The third kappa shape index (κ3) is 2.32. The number of carbonyl (C=O) groups excluding carboxylic acids is 1. The minimum atomic E-state index is -0.505. The number of hydrogen-bond acceptors (Lipinski definition) is 3. The molecule has 0 radical (unpaired) electrons. The molecule has 1 saturated carbocycles. The molecule has 1 aliphatic carbocycles. The molecule has 4 heteroatoms. The maximum absolute atomic E-state index is 12.0. The smallest absolute Gasteiger partial charge is 0.242 e. The summed E-state index contributed by atoms with van der Waals surface area (Å²) in [6, 6.07) is 0. The van der Waals surface area contributed by atoms with Crippen LogP contribution in [0.2, 0.25) is 0 Å². The topological polar surface area (TPSA) is 55.6 Å². The van der Waals surface area contributed by atoms with Gasteiger partial charge in [-0.15, -0.1) is 0 Å². The lowest BCUT2D eigenvalue weighted by Gasteiger charge is -2.34. The van der Waals surface area contributed by atoms with Crippen molar-refractivity contribution in [3.63, 3.8) is 0 Å². The number of ether oxygens (including phenoxy) is 1. The summed E-state index contributed by atoms with van der Waals surface area (Å²) in [5, 5.41) is 0. The Morgan fingerprint density at radius 2 is 2.33 bits per heavy atom. The zero-order valence-electron chi connectivity index (χ0n) is 9.37. The Labute approximate surface area is 90.8 Å². The normalized spacial score (nSPS) is 28.9. The molecule has 2 N–H and O–H groups in total. The molecule has 1 heterocycles. The number of methoxy groups -OCH3 is 1. The molecule has 1 amide bonds. The van der Waals surface area contributed by atoms with Gasteiger partial charge in [-0.25, -0.2) is 0 Å². The number of nitrogens with two attached hydrogens (primary N) is 1. The van der Waals surface area contributed by atoms with Crippen molar-refractivity contribution in [1.82, 2.24) is 4.90 Å². The Bertz CT molecular complexity index is 249. The van der Waals surface area contributed by atoms with E-state index in [-0.39, 0.29) is 5.91 Å². The summed E-state index contributed by atoms with van der Waals surface area (Å²) < 4.78 is 5.14. The highest BCUT2D eigenvalue weighted by molar-refractivity contribution is 5.89. The standard InChI is InChI=1S/C11H20N2O2/c1-15-8-9-3-2-6-13(7-9)10(14)11(12)4-5-11/h9H,2-8,12H2,1H3. The molecule has 0 bridgehead atoms. The monoisotopic (exact) mass is 212 g/mol. The van der Waals surface area contributed by atoms with E-state index < -0.39 is 5.54 Å². The first-order chi connectivity index (χ1) is 7.15. The van der Waals surface area contributed by atoms with Gasteiger partial charge in [0.1, 0.15) is 0 Å². The quantitative estimate of drug-likeness (QED) is 0.735. The fourth-order valence-corrected chi connectivity index (χ4v) is 2.28. The molecular formula is C11H20N2O2. The van der Waals surface area contributed by atoms with Gasteiger partial charge >= 0.3 is 0 Å². The third-order valence-corrected chi connectivity index (χ3v) is 3.42. The molecule has 2 rings (SSSR count). The molecule has 4 nitrogen and oxygen atoms in total. The van der Waals surface area contributed by atoms with Gasteiger partial charge < -0.3 is 15.4 Å². The molecule has 2 aliphatic rings. The molecule has 1 saturated heterocycles. The first-order valence-electron chi connectivity index (χ1n) is 5.73. The number of hydrogen-bond donors (Lipinski definition) is 1. The van der Waals surface area contributed by atoms with Crippen LogP contribution in [0.5, 0.6) is 0 Å². The molecule has 0 aromatic carbocycles. The lowest BCUT2D eigenvalue weighted by Crippen LogP contribution is -2.50. The van der Waals surface area contributed by atoms with Gasteiger partial charge in [-0.2, -0.15) is 0 Å². The Morgan fingerprint density at radius 3 is 2.93 bits per heavy atom. The van der Waals surface area contributed by atoms with Crippen LogP contribution in [0.4, 0.5) is 0 Å². The highest BCUT2D eigenvalue weighted by atomic mass is 16.5. The number of rotatable bonds is 3. The first kappa shape index (κ1) is 10.9. The molecule has 2 fully saturated rings. The van der Waals surface area contributed by atoms with E-state index >= 15 is 0 Å². The summed E-state index contributed by atoms with van der Waals surface area (Å²) in [4.78, 5) is 13.9. The van der Waals surface area contributed by atoms with Crippen molar-refractivity contribution >= 4 is 5.91 Å². The van der Waals surface area contributed by atoms with Crippen LogP contribution in [0.1, 0.15) is 25.7 Å². The van der Waals surface area contributed by atoms with E-state index in [4.69, 9.17) is 10.5 Å². The van der Waals surface area contributed by atoms with Crippen molar-refractivity contribution in [2.75, 3.05) is 26.8 Å². The molecule has 0 aromatic heterocycles. The van der Waals surface area contributed by atoms with Crippen LogP contribution in [-0.4, -0.2) is 43.2 Å². The zero-order chi connectivity index (χ0) is 10.9. The van der Waals surface area contributed by atoms with Gasteiger partial charge in [0.25, 0.3) is 0 Å². The summed E-state index contributed by atoms with van der Waals surface area (Å²) in [6.45, 7) is 2.45. The van der Waals surface area contributed by atoms with E-state index in [2.05, 4.69) is 0 Å². The fourth-order valence-electron chi connectivity index (χ4n) is 2.28. The second kappa shape index (κ2) is 4.10. The summed E-state index contributed by atoms with van der Waals surface area (Å²) in [5.41, 5.74) is 5.41. The van der Waals surface area contributed by atoms with Gasteiger partial charge in [0.2, 0.25) is 5.91 Å². The van der Waals surface area contributed by atoms with E-state index in [9.17, 15) is 4.79 Å². The summed E-state index contributed by atoms with van der Waals surface area (Å²) in [6.07, 6.45) is 3.96. The van der Waals surface area contributed by atoms with Crippen LogP contribution in [0.3, 0.4) is 0 Å². The Morgan fingerprint density at radius 1 is 1.60 bits per heavy atom. The largest absolute Gasteiger partial charge is 0.384 e. The summed E-state index contributed by atoms with van der Waals surface area (Å²) in [7, 11) is 1.71. The number of likely N-dealkylation sites (tertiary alicyclic amines) is 1. The van der Waals surface area contributed by atoms with Crippen molar-refractivity contribution in [2.45, 2.75) is 31.2 Å². The molecule has 1 aliphatic heterocycles. The lowest BCUT2D eigenvalue weighted by molar-refractivity contribution is -0.135. The van der Waals surface area contributed by atoms with Gasteiger partial charge in [0.05, 0.1) is 12.1 Å². The third-order valence-electron chi connectivity index (χ3n) is 3.42. The second-order valence-corrected chi connectivity index (χ2v) is 4.87. The van der Waals surface area contributed by atoms with Gasteiger partial charge in [-0.3, -0.25) is 4.79 Å². The van der Waals surface area contributed by atoms with Crippen LogP contribution in [0.15, 0.2) is 0 Å². The molecule has 1 unspecified atom stereocenters. The van der Waals surface area contributed by atoms with E-state index in [1.807, 2.05) is 4.90 Å². The van der Waals surface area contributed by atoms with Crippen LogP contribution in [0.25, 0.3) is 0 Å². The van der Waals surface area contributed by atoms with Gasteiger partial charge in [-0.05, 0) is 31.6 Å². The van der Waals surface area contributed by atoms with Crippen LogP contribution in [0, 0.1) is 5.92 Å². The van der Waals surface area contributed by atoms with Crippen LogP contribution >= 0.6 is 0 Å². The lowest BCUT2D eigenvalue weighted by atomic mass is 9.98. The number of nitrogens with zero attached hydrogens (tertiary/aromatic N) is 1. The van der Waals surface area contributed by atoms with E-state index in [1.54, 1.807) is 7.11 Å². The van der Waals surface area contributed by atoms with Crippen molar-refractivity contribution in [2.24, 2.45) is 11.7 Å². The fraction of sp³-hybridized carbons (Fsp3) is 0.909. The molecule has 86 valence electrons. The van der Waals surface area contributed by atoms with Crippen molar-refractivity contribution in [1.29, 1.82) is 0 Å². The van der Waals surface area contributed by atoms with Crippen LogP contribution in [-0.2, 0) is 9.53 Å². The minimum Gasteiger partial charge on any atom is -0.384 e. The minimum absolute atomic E-state index is 0.156. The average Bonchev–Trinajstić information content (AvgIpc) is 2.98. The highest BCUT2D eigenvalue weighted by Crippen LogP contribution is 2.35. The number of carbonyl (C=O) groups is 1. The van der Waals surface area contributed by atoms with Crippen LogP contribution < -0.4 is 5.73 Å². The zero-order valence-corrected chi connectivity index (χ0v) is 9.37. The Balaban J connectivity index is 1.89.